The van der Waals surface area contributed by atoms with Gasteiger partial charge in [0, 0.05) is 25.0 Å². The van der Waals surface area contributed by atoms with Gasteiger partial charge in [-0.05, 0) is 36.0 Å². The Labute approximate surface area is 162 Å². The number of rotatable bonds is 2. The summed E-state index contributed by atoms with van der Waals surface area (Å²) in [5, 5.41) is 0. The molecule has 0 radical (unpaired) electrons. The van der Waals surface area contributed by atoms with Gasteiger partial charge in [-0.15, -0.1) is 12.4 Å². The molecule has 1 aliphatic heterocycles. The number of hydrogen-bond donors (Lipinski definition) is 1. The molecule has 2 aromatic rings. The summed E-state index contributed by atoms with van der Waals surface area (Å²) in [6, 6.07) is 18.9. The molecule has 0 aromatic heterocycles. The van der Waals surface area contributed by atoms with Crippen molar-refractivity contribution >= 4 is 18.3 Å². The van der Waals surface area contributed by atoms with E-state index in [1.54, 1.807) is 0 Å². The zero-order valence-electron chi connectivity index (χ0n) is 15.2. The minimum absolute atomic E-state index is 0. The van der Waals surface area contributed by atoms with Gasteiger partial charge in [0.05, 0.1) is 5.41 Å². The molecule has 2 N–H and O–H groups in total. The highest BCUT2D eigenvalue weighted by Gasteiger charge is 2.43. The number of halogens is 1. The molecule has 1 fully saturated rings. The van der Waals surface area contributed by atoms with Crippen LogP contribution in [-0.4, -0.2) is 29.9 Å². The van der Waals surface area contributed by atoms with E-state index < -0.39 is 0 Å². The lowest BCUT2D eigenvalue weighted by Gasteiger charge is -2.36. The summed E-state index contributed by atoms with van der Waals surface area (Å²) in [6.07, 6.45) is 2.74. The first-order valence-corrected chi connectivity index (χ1v) is 9.23. The van der Waals surface area contributed by atoms with Gasteiger partial charge in [-0.1, -0.05) is 61.5 Å². The maximum atomic E-state index is 13.3. The number of nitrogens with two attached hydrogens (primary N) is 1. The number of carbonyl (C=O) groups excluding carboxylic acids is 1. The van der Waals surface area contributed by atoms with Gasteiger partial charge in [-0.3, -0.25) is 4.79 Å². The van der Waals surface area contributed by atoms with Crippen LogP contribution in [0.15, 0.2) is 54.6 Å². The molecule has 2 aromatic carbocycles. The molecular formula is C22H27ClN2O. The van der Waals surface area contributed by atoms with Gasteiger partial charge >= 0.3 is 0 Å². The molecule has 0 saturated carbocycles. The van der Waals surface area contributed by atoms with Crippen LogP contribution < -0.4 is 5.73 Å². The highest BCUT2D eigenvalue weighted by atomic mass is 35.5. The highest BCUT2D eigenvalue weighted by Crippen LogP contribution is 2.38. The molecular weight excluding hydrogens is 344 g/mol. The molecule has 2 aliphatic rings. The van der Waals surface area contributed by atoms with E-state index in [9.17, 15) is 4.79 Å². The number of hydrogen-bond acceptors (Lipinski definition) is 2. The molecule has 4 rings (SSSR count). The van der Waals surface area contributed by atoms with Crippen LogP contribution in [0.1, 0.15) is 36.0 Å². The Morgan fingerprint density at radius 2 is 1.69 bits per heavy atom. The van der Waals surface area contributed by atoms with Gasteiger partial charge in [0.2, 0.25) is 5.91 Å². The first-order chi connectivity index (χ1) is 12.1. The number of fused-ring (bicyclic) bond motifs is 1. The topological polar surface area (TPSA) is 46.3 Å². The van der Waals surface area contributed by atoms with Crippen LogP contribution in [0.25, 0.3) is 0 Å². The first-order valence-electron chi connectivity index (χ1n) is 9.23. The summed E-state index contributed by atoms with van der Waals surface area (Å²) >= 11 is 0. The Bertz CT molecular complexity index is 779. The van der Waals surface area contributed by atoms with Crippen LogP contribution in [0.3, 0.4) is 0 Å². The van der Waals surface area contributed by atoms with Gasteiger partial charge < -0.3 is 10.6 Å². The zero-order chi connectivity index (χ0) is 17.4. The summed E-state index contributed by atoms with van der Waals surface area (Å²) in [7, 11) is 0. The van der Waals surface area contributed by atoms with E-state index in [1.165, 1.54) is 16.7 Å². The monoisotopic (exact) mass is 370 g/mol. The molecule has 4 heteroatoms. The van der Waals surface area contributed by atoms with Gasteiger partial charge in [-0.25, -0.2) is 0 Å². The molecule has 1 aliphatic carbocycles. The Morgan fingerprint density at radius 1 is 1.04 bits per heavy atom. The normalized spacial score (nSPS) is 27.5. The SMILES string of the molecule is CC1(C(=O)N2C[C@@H](N)[C@H](c3ccccc3)C2)CCc2ccccc2C1.Cl. The van der Waals surface area contributed by atoms with Crippen molar-refractivity contribution in [2.75, 3.05) is 13.1 Å². The smallest absolute Gasteiger partial charge is 0.228 e. The summed E-state index contributed by atoms with van der Waals surface area (Å²) in [4.78, 5) is 15.3. The number of aryl methyl sites for hydroxylation is 1. The van der Waals surface area contributed by atoms with Gasteiger partial charge in [0.15, 0.2) is 0 Å². The van der Waals surface area contributed by atoms with Crippen LogP contribution in [0.2, 0.25) is 0 Å². The zero-order valence-corrected chi connectivity index (χ0v) is 16.0. The molecule has 138 valence electrons. The van der Waals surface area contributed by atoms with Gasteiger partial charge in [0.25, 0.3) is 0 Å². The maximum absolute atomic E-state index is 13.3. The van der Waals surface area contributed by atoms with E-state index in [1.807, 2.05) is 23.1 Å². The van der Waals surface area contributed by atoms with Crippen molar-refractivity contribution in [1.29, 1.82) is 0 Å². The summed E-state index contributed by atoms with van der Waals surface area (Å²) < 4.78 is 0. The van der Waals surface area contributed by atoms with Crippen molar-refractivity contribution in [2.24, 2.45) is 11.1 Å². The fraction of sp³-hybridized carbons (Fsp3) is 0.409. The predicted octanol–water partition coefficient (Wildman–Crippen LogP) is 3.56. The third kappa shape index (κ3) is 3.38. The van der Waals surface area contributed by atoms with Crippen LogP contribution in [-0.2, 0) is 17.6 Å². The third-order valence-electron chi connectivity index (χ3n) is 6.04. The molecule has 1 unspecified atom stereocenters. The average Bonchev–Trinajstić information content (AvgIpc) is 3.03. The van der Waals surface area contributed by atoms with E-state index in [0.29, 0.717) is 6.54 Å². The lowest BCUT2D eigenvalue weighted by molar-refractivity contribution is -0.140. The fourth-order valence-corrected chi connectivity index (χ4v) is 4.51. The third-order valence-corrected chi connectivity index (χ3v) is 6.04. The second-order valence-electron chi connectivity index (χ2n) is 7.90. The van der Waals surface area contributed by atoms with E-state index in [2.05, 4.69) is 43.3 Å². The van der Waals surface area contributed by atoms with E-state index in [0.717, 1.165) is 25.8 Å². The fourth-order valence-electron chi connectivity index (χ4n) is 4.51. The quantitative estimate of drug-likeness (QED) is 0.878. The summed E-state index contributed by atoms with van der Waals surface area (Å²) in [5.74, 6) is 0.514. The molecule has 0 bridgehead atoms. The molecule has 3 nitrogen and oxygen atoms in total. The van der Waals surface area contributed by atoms with Crippen LogP contribution in [0, 0.1) is 5.41 Å². The second kappa shape index (κ2) is 7.42. The highest BCUT2D eigenvalue weighted by molar-refractivity contribution is 5.85. The van der Waals surface area contributed by atoms with Gasteiger partial charge in [0.1, 0.15) is 0 Å². The molecule has 1 saturated heterocycles. The number of likely N-dealkylation sites (tertiary alicyclic amines) is 1. The maximum Gasteiger partial charge on any atom is 0.228 e. The van der Waals surface area contributed by atoms with Crippen LogP contribution in [0.4, 0.5) is 0 Å². The van der Waals surface area contributed by atoms with E-state index in [-0.39, 0.29) is 35.7 Å². The van der Waals surface area contributed by atoms with Crippen molar-refractivity contribution in [2.45, 2.75) is 38.1 Å². The van der Waals surface area contributed by atoms with Crippen LogP contribution in [0.5, 0.6) is 0 Å². The predicted molar refractivity (Wildman–Crippen MR) is 108 cm³/mol. The minimum Gasteiger partial charge on any atom is -0.340 e. The summed E-state index contributed by atoms with van der Waals surface area (Å²) in [5.41, 5.74) is 10.1. The van der Waals surface area contributed by atoms with E-state index in [4.69, 9.17) is 5.73 Å². The number of benzene rings is 2. The molecule has 3 atom stereocenters. The van der Waals surface area contributed by atoms with Crippen LogP contribution >= 0.6 is 12.4 Å². The van der Waals surface area contributed by atoms with Crippen molar-refractivity contribution in [3.05, 3.63) is 71.3 Å². The first kappa shape index (κ1) is 18.9. The van der Waals surface area contributed by atoms with E-state index >= 15 is 0 Å². The lowest BCUT2D eigenvalue weighted by atomic mass is 9.72. The molecule has 1 amide bonds. The van der Waals surface area contributed by atoms with Crippen molar-refractivity contribution < 1.29 is 4.79 Å². The standard InChI is InChI=1S/C22H26N2O.ClH/c1-22(12-11-16-7-5-6-10-18(16)13-22)21(25)24-14-19(20(23)15-24)17-8-3-2-4-9-17;/h2-10,19-20H,11-15,23H2,1H3;1H/t19-,20+,22?;/m0./s1. The number of carbonyl (C=O) groups is 1. The minimum atomic E-state index is -0.306. The molecule has 26 heavy (non-hydrogen) atoms. The Kier molecular flexibility index (Phi) is 5.40. The Hall–Kier alpha value is -1.84. The largest absolute Gasteiger partial charge is 0.340 e. The average molecular weight is 371 g/mol. The molecule has 0 spiro atoms. The number of amides is 1. The van der Waals surface area contributed by atoms with Crippen molar-refractivity contribution in [3.63, 3.8) is 0 Å². The Balaban J connectivity index is 0.00000196. The van der Waals surface area contributed by atoms with Crippen molar-refractivity contribution in [1.82, 2.24) is 4.90 Å². The second-order valence-corrected chi connectivity index (χ2v) is 7.90. The molecule has 1 heterocycles. The summed E-state index contributed by atoms with van der Waals surface area (Å²) in [6.45, 7) is 3.53. The lowest BCUT2D eigenvalue weighted by Crippen LogP contribution is -2.45. The van der Waals surface area contributed by atoms with Gasteiger partial charge in [-0.2, -0.15) is 0 Å². The van der Waals surface area contributed by atoms with Crippen molar-refractivity contribution in [3.8, 4) is 0 Å². The number of nitrogens with zero attached hydrogens (tertiary/aromatic N) is 1. The Morgan fingerprint density at radius 3 is 2.42 bits per heavy atom.